The first-order chi connectivity index (χ1) is 11.5. The van der Waals surface area contributed by atoms with E-state index in [1.165, 1.54) is 0 Å². The van der Waals surface area contributed by atoms with Crippen LogP contribution >= 0.6 is 0 Å². The second kappa shape index (κ2) is 8.61. The number of methoxy groups -OCH3 is 1. The van der Waals surface area contributed by atoms with Gasteiger partial charge >= 0.3 is 0 Å². The van der Waals surface area contributed by atoms with Crippen molar-refractivity contribution >= 4 is 11.8 Å². The van der Waals surface area contributed by atoms with E-state index in [1.807, 2.05) is 44.2 Å². The van der Waals surface area contributed by atoms with Crippen LogP contribution < -0.4 is 11.5 Å². The third-order valence-corrected chi connectivity index (χ3v) is 4.00. The molecule has 0 bridgehead atoms. The van der Waals surface area contributed by atoms with Crippen LogP contribution in [0.3, 0.4) is 0 Å². The van der Waals surface area contributed by atoms with E-state index in [2.05, 4.69) is 9.97 Å². The predicted octanol–water partition coefficient (Wildman–Crippen LogP) is 2.95. The smallest absolute Gasteiger partial charge is 0.221 e. The summed E-state index contributed by atoms with van der Waals surface area (Å²) in [6, 6.07) is 9.92. The summed E-state index contributed by atoms with van der Waals surface area (Å²) in [5, 5.41) is 0. The Kier molecular flexibility index (Phi) is 6.52. The van der Waals surface area contributed by atoms with Gasteiger partial charge in [-0.05, 0) is 32.3 Å². The molecular formula is C18H26N4O2. The lowest BCUT2D eigenvalue weighted by atomic mass is 10.0. The van der Waals surface area contributed by atoms with Gasteiger partial charge in [-0.2, -0.15) is 4.98 Å². The normalized spacial score (nSPS) is 15.0. The Labute approximate surface area is 143 Å². The average molecular weight is 330 g/mol. The second-order valence-electron chi connectivity index (χ2n) is 5.93. The molecule has 0 fully saturated rings. The maximum absolute atomic E-state index is 6.28. The van der Waals surface area contributed by atoms with E-state index in [0.717, 1.165) is 24.0 Å². The van der Waals surface area contributed by atoms with Crippen molar-refractivity contribution in [1.82, 2.24) is 9.97 Å². The minimum Gasteiger partial charge on any atom is -0.383 e. The number of aromatic nitrogens is 2. The average Bonchev–Trinajstić information content (AvgIpc) is 2.59. The quantitative estimate of drug-likeness (QED) is 0.772. The zero-order valence-corrected chi connectivity index (χ0v) is 14.5. The minimum atomic E-state index is -0.334. The number of benzene rings is 1. The maximum atomic E-state index is 6.28. The molecule has 1 heterocycles. The lowest BCUT2D eigenvalue weighted by Gasteiger charge is -2.24. The van der Waals surface area contributed by atoms with E-state index in [9.17, 15) is 0 Å². The van der Waals surface area contributed by atoms with Gasteiger partial charge < -0.3 is 20.9 Å². The topological polar surface area (TPSA) is 96.3 Å². The number of anilines is 2. The summed E-state index contributed by atoms with van der Waals surface area (Å²) < 4.78 is 11.6. The molecule has 6 nitrogen and oxygen atoms in total. The van der Waals surface area contributed by atoms with Gasteiger partial charge in [-0.3, -0.25) is 0 Å². The molecule has 0 radical (unpaired) electrons. The molecule has 2 rings (SSSR count). The lowest BCUT2D eigenvalue weighted by molar-refractivity contribution is 0.00379. The predicted molar refractivity (Wildman–Crippen MR) is 95.4 cm³/mol. The monoisotopic (exact) mass is 330 g/mol. The third-order valence-electron chi connectivity index (χ3n) is 4.00. The van der Waals surface area contributed by atoms with Crippen molar-refractivity contribution in [2.45, 2.75) is 45.0 Å². The number of nitrogens with zero attached hydrogens (tertiary/aromatic N) is 2. The standard InChI is InChI=1S/C18H26N4O2/c1-12(23-3)9-10-13(2)24-16(14-7-5-4-6-8-14)15-11-21-18(20)22-17(15)19/h4-8,11-13,16H,9-10H2,1-3H3,(H4,19,20,21,22). The fraction of sp³-hybridized carbons (Fsp3) is 0.444. The Morgan fingerprint density at radius 3 is 2.33 bits per heavy atom. The van der Waals surface area contributed by atoms with Gasteiger partial charge in [-0.25, -0.2) is 4.98 Å². The van der Waals surface area contributed by atoms with Gasteiger partial charge in [0.1, 0.15) is 11.9 Å². The Morgan fingerprint density at radius 1 is 1.04 bits per heavy atom. The van der Waals surface area contributed by atoms with Gasteiger partial charge in [0.25, 0.3) is 0 Å². The Morgan fingerprint density at radius 2 is 1.71 bits per heavy atom. The van der Waals surface area contributed by atoms with Crippen LogP contribution in [0.4, 0.5) is 11.8 Å². The van der Waals surface area contributed by atoms with E-state index >= 15 is 0 Å². The molecule has 0 amide bonds. The zero-order valence-electron chi connectivity index (χ0n) is 14.5. The highest BCUT2D eigenvalue weighted by molar-refractivity contribution is 5.46. The molecule has 130 valence electrons. The molecule has 0 saturated carbocycles. The molecule has 6 heteroatoms. The number of ether oxygens (including phenoxy) is 2. The first kappa shape index (κ1) is 18.2. The van der Waals surface area contributed by atoms with Gasteiger partial charge in [-0.15, -0.1) is 0 Å². The summed E-state index contributed by atoms with van der Waals surface area (Å²) in [5.41, 5.74) is 13.4. The highest BCUT2D eigenvalue weighted by atomic mass is 16.5. The maximum Gasteiger partial charge on any atom is 0.221 e. The summed E-state index contributed by atoms with van der Waals surface area (Å²) in [6.07, 6.45) is 3.35. The van der Waals surface area contributed by atoms with Crippen LogP contribution in [0, 0.1) is 0 Å². The van der Waals surface area contributed by atoms with Crippen LogP contribution in [-0.4, -0.2) is 29.3 Å². The lowest BCUT2D eigenvalue weighted by Crippen LogP contribution is -2.19. The first-order valence-corrected chi connectivity index (χ1v) is 8.12. The van der Waals surface area contributed by atoms with E-state index in [1.54, 1.807) is 13.3 Å². The van der Waals surface area contributed by atoms with Crippen molar-refractivity contribution in [3.8, 4) is 0 Å². The largest absolute Gasteiger partial charge is 0.383 e. The van der Waals surface area contributed by atoms with Crippen molar-refractivity contribution in [1.29, 1.82) is 0 Å². The summed E-state index contributed by atoms with van der Waals surface area (Å²) in [5.74, 6) is 0.499. The second-order valence-corrected chi connectivity index (χ2v) is 5.93. The summed E-state index contributed by atoms with van der Waals surface area (Å²) in [4.78, 5) is 8.13. The van der Waals surface area contributed by atoms with Crippen LogP contribution in [0.5, 0.6) is 0 Å². The Hall–Kier alpha value is -2.18. The SMILES string of the molecule is COC(C)CCC(C)OC(c1ccccc1)c1cnc(N)nc1N. The molecule has 3 unspecified atom stereocenters. The first-order valence-electron chi connectivity index (χ1n) is 8.12. The summed E-state index contributed by atoms with van der Waals surface area (Å²) in [7, 11) is 1.72. The number of hydrogen-bond donors (Lipinski definition) is 2. The molecule has 2 aromatic rings. The fourth-order valence-corrected chi connectivity index (χ4v) is 2.47. The molecule has 1 aromatic heterocycles. The molecule has 0 aliphatic carbocycles. The van der Waals surface area contributed by atoms with E-state index in [-0.39, 0.29) is 24.3 Å². The highest BCUT2D eigenvalue weighted by Gasteiger charge is 2.22. The third kappa shape index (κ3) is 4.91. The number of hydrogen-bond acceptors (Lipinski definition) is 6. The van der Waals surface area contributed by atoms with Crippen LogP contribution in [0.15, 0.2) is 36.5 Å². The fourth-order valence-electron chi connectivity index (χ4n) is 2.47. The highest BCUT2D eigenvalue weighted by Crippen LogP contribution is 2.31. The van der Waals surface area contributed by atoms with E-state index < -0.39 is 0 Å². The summed E-state index contributed by atoms with van der Waals surface area (Å²) in [6.45, 7) is 4.10. The van der Waals surface area contributed by atoms with Gasteiger partial charge in [-0.1, -0.05) is 30.3 Å². The van der Waals surface area contributed by atoms with Gasteiger partial charge in [0.15, 0.2) is 0 Å². The molecule has 24 heavy (non-hydrogen) atoms. The van der Waals surface area contributed by atoms with Crippen molar-refractivity contribution < 1.29 is 9.47 Å². The molecule has 3 atom stereocenters. The van der Waals surface area contributed by atoms with Crippen molar-refractivity contribution in [3.63, 3.8) is 0 Å². The van der Waals surface area contributed by atoms with Crippen LogP contribution in [0.25, 0.3) is 0 Å². The molecule has 1 aromatic carbocycles. The van der Waals surface area contributed by atoms with Crippen molar-refractivity contribution in [2.24, 2.45) is 0 Å². The minimum absolute atomic E-state index is 0.0322. The van der Waals surface area contributed by atoms with Crippen LogP contribution in [0.1, 0.15) is 43.9 Å². The zero-order chi connectivity index (χ0) is 17.5. The molecule has 0 aliphatic rings. The van der Waals surface area contributed by atoms with Gasteiger partial charge in [0.2, 0.25) is 5.95 Å². The summed E-state index contributed by atoms with van der Waals surface area (Å²) >= 11 is 0. The number of rotatable bonds is 8. The molecular weight excluding hydrogens is 304 g/mol. The number of nitrogens with two attached hydrogens (primary N) is 2. The van der Waals surface area contributed by atoms with Crippen molar-refractivity contribution in [3.05, 3.63) is 47.7 Å². The number of nitrogen functional groups attached to an aromatic ring is 2. The van der Waals surface area contributed by atoms with Gasteiger partial charge in [0.05, 0.1) is 12.2 Å². The van der Waals surface area contributed by atoms with Crippen LogP contribution in [-0.2, 0) is 9.47 Å². The Bertz CT molecular complexity index is 636. The van der Waals surface area contributed by atoms with Crippen LogP contribution in [0.2, 0.25) is 0 Å². The van der Waals surface area contributed by atoms with E-state index in [0.29, 0.717) is 5.82 Å². The van der Waals surface area contributed by atoms with Crippen molar-refractivity contribution in [2.75, 3.05) is 18.6 Å². The van der Waals surface area contributed by atoms with E-state index in [4.69, 9.17) is 20.9 Å². The molecule has 0 saturated heterocycles. The Balaban J connectivity index is 2.21. The van der Waals surface area contributed by atoms with Gasteiger partial charge in [0, 0.05) is 18.9 Å². The molecule has 4 N–H and O–H groups in total. The molecule has 0 spiro atoms. The molecule has 0 aliphatic heterocycles.